The fourth-order valence-corrected chi connectivity index (χ4v) is 6.05. The van der Waals surface area contributed by atoms with E-state index in [4.69, 9.17) is 16.3 Å². The molecule has 0 aliphatic carbocycles. The molecule has 2 N–H and O–H groups in total. The van der Waals surface area contributed by atoms with Crippen LogP contribution in [0, 0.1) is 13.8 Å². The van der Waals surface area contributed by atoms with E-state index < -0.39 is 11.9 Å². The lowest BCUT2D eigenvalue weighted by Gasteiger charge is -2.11. The zero-order chi connectivity index (χ0) is 28.4. The van der Waals surface area contributed by atoms with Crippen molar-refractivity contribution in [3.63, 3.8) is 0 Å². The van der Waals surface area contributed by atoms with Gasteiger partial charge in [-0.15, -0.1) is 0 Å². The molecule has 0 aliphatic rings. The van der Waals surface area contributed by atoms with Crippen molar-refractivity contribution in [2.45, 2.75) is 13.8 Å². The third-order valence-electron chi connectivity index (χ3n) is 6.23. The summed E-state index contributed by atoms with van der Waals surface area (Å²) in [5.74, 6) is -0.802. The van der Waals surface area contributed by atoms with Crippen LogP contribution in [0.15, 0.2) is 92.9 Å². The van der Waals surface area contributed by atoms with E-state index in [-0.39, 0.29) is 16.3 Å². The number of hydrazone groups is 1. The minimum atomic E-state index is -0.622. The van der Waals surface area contributed by atoms with Crippen molar-refractivity contribution in [2.75, 3.05) is 0 Å². The summed E-state index contributed by atoms with van der Waals surface area (Å²) in [4.78, 5) is 29.6. The lowest BCUT2D eigenvalue weighted by Crippen LogP contribution is -2.19. The molecule has 0 saturated carbocycles. The monoisotopic (exact) mass is 677 g/mol. The van der Waals surface area contributed by atoms with Crippen molar-refractivity contribution in [2.24, 2.45) is 5.10 Å². The lowest BCUT2D eigenvalue weighted by atomic mass is 9.99. The number of rotatable bonds is 6. The van der Waals surface area contributed by atoms with Crippen molar-refractivity contribution < 1.29 is 14.3 Å². The number of aromatic amines is 1. The second-order valence-corrected chi connectivity index (χ2v) is 11.3. The van der Waals surface area contributed by atoms with Gasteiger partial charge in [-0.1, -0.05) is 81.6 Å². The van der Waals surface area contributed by atoms with Crippen LogP contribution in [0.4, 0.5) is 0 Å². The predicted octanol–water partition coefficient (Wildman–Crippen LogP) is 8.61. The number of H-pyrrole nitrogens is 1. The summed E-state index contributed by atoms with van der Waals surface area (Å²) in [5.41, 5.74) is 8.45. The van der Waals surface area contributed by atoms with Crippen LogP contribution in [0.1, 0.15) is 37.5 Å². The SMILES string of the molecule is Cc1cc(C)c2[nH]c(C(=O)NN=Cc3cc(Br)cc(Br)c3OC(=O)c3ccccc3Cl)c(-c3ccccc3)c2c1. The smallest absolute Gasteiger partial charge is 0.345 e. The molecule has 0 bridgehead atoms. The van der Waals surface area contributed by atoms with E-state index in [0.29, 0.717) is 15.7 Å². The Bertz CT molecular complexity index is 1800. The molecule has 40 heavy (non-hydrogen) atoms. The highest BCUT2D eigenvalue weighted by Crippen LogP contribution is 2.35. The highest BCUT2D eigenvalue weighted by Gasteiger charge is 2.21. The van der Waals surface area contributed by atoms with Gasteiger partial charge < -0.3 is 9.72 Å². The lowest BCUT2D eigenvalue weighted by molar-refractivity contribution is 0.0733. The Hall–Kier alpha value is -3.72. The molecule has 1 aromatic heterocycles. The predicted molar refractivity (Wildman–Crippen MR) is 167 cm³/mol. The molecule has 1 amide bonds. The van der Waals surface area contributed by atoms with Crippen molar-refractivity contribution in [3.05, 3.63) is 121 Å². The highest BCUT2D eigenvalue weighted by molar-refractivity contribution is 9.11. The number of ether oxygens (including phenoxy) is 1. The Kier molecular flexibility index (Phi) is 8.21. The molecule has 0 unspecified atom stereocenters. The summed E-state index contributed by atoms with van der Waals surface area (Å²) in [5, 5.41) is 5.44. The average molecular weight is 680 g/mol. The van der Waals surface area contributed by atoms with Crippen LogP contribution in [-0.2, 0) is 0 Å². The number of nitrogens with one attached hydrogen (secondary N) is 2. The quantitative estimate of drug-likeness (QED) is 0.0816. The first-order chi connectivity index (χ1) is 19.2. The molecule has 200 valence electrons. The van der Waals surface area contributed by atoms with E-state index in [9.17, 15) is 9.59 Å². The topological polar surface area (TPSA) is 83.6 Å². The first-order valence-corrected chi connectivity index (χ1v) is 14.2. The summed E-state index contributed by atoms with van der Waals surface area (Å²) in [6.45, 7) is 4.04. The molecule has 0 saturated heterocycles. The summed E-state index contributed by atoms with van der Waals surface area (Å²) < 4.78 is 6.92. The molecule has 0 atom stereocenters. The van der Waals surface area contributed by atoms with Crippen LogP contribution in [0.5, 0.6) is 5.75 Å². The van der Waals surface area contributed by atoms with E-state index in [0.717, 1.165) is 37.6 Å². The Morgan fingerprint density at radius 3 is 2.45 bits per heavy atom. The number of amides is 1. The van der Waals surface area contributed by atoms with Gasteiger partial charge in [0, 0.05) is 26.5 Å². The van der Waals surface area contributed by atoms with Gasteiger partial charge in [0.15, 0.2) is 5.75 Å². The number of halogens is 3. The number of nitrogens with zero attached hydrogens (tertiary/aromatic N) is 1. The minimum Gasteiger partial charge on any atom is -0.421 e. The third-order valence-corrected chi connectivity index (χ3v) is 7.61. The maximum atomic E-state index is 13.4. The Morgan fingerprint density at radius 2 is 1.70 bits per heavy atom. The number of hydrogen-bond acceptors (Lipinski definition) is 4. The van der Waals surface area contributed by atoms with Gasteiger partial charge in [-0.05, 0) is 71.2 Å². The summed E-state index contributed by atoms with van der Waals surface area (Å²) in [6.07, 6.45) is 1.42. The van der Waals surface area contributed by atoms with Crippen LogP contribution < -0.4 is 10.2 Å². The molecule has 9 heteroatoms. The number of aryl methyl sites for hydroxylation is 2. The number of benzene rings is 4. The van der Waals surface area contributed by atoms with Crippen LogP contribution in [0.2, 0.25) is 5.02 Å². The number of carbonyl (C=O) groups excluding carboxylic acids is 2. The number of hydrogen-bond donors (Lipinski definition) is 2. The Labute approximate surface area is 252 Å². The number of esters is 1. The number of carbonyl (C=O) groups is 2. The van der Waals surface area contributed by atoms with Gasteiger partial charge in [-0.2, -0.15) is 5.10 Å². The van der Waals surface area contributed by atoms with Crippen molar-refractivity contribution in [3.8, 4) is 16.9 Å². The Morgan fingerprint density at radius 1 is 0.975 bits per heavy atom. The summed E-state index contributed by atoms with van der Waals surface area (Å²) in [7, 11) is 0. The molecule has 6 nitrogen and oxygen atoms in total. The number of aromatic nitrogens is 1. The van der Waals surface area contributed by atoms with Gasteiger partial charge in [-0.3, -0.25) is 4.79 Å². The van der Waals surface area contributed by atoms with Crippen LogP contribution in [0.25, 0.3) is 22.0 Å². The zero-order valence-corrected chi connectivity index (χ0v) is 25.3. The van der Waals surface area contributed by atoms with E-state index in [2.05, 4.69) is 59.5 Å². The maximum Gasteiger partial charge on any atom is 0.345 e. The molecule has 4 aromatic carbocycles. The summed E-state index contributed by atoms with van der Waals surface area (Å²) >= 11 is 13.1. The third kappa shape index (κ3) is 5.75. The number of fused-ring (bicyclic) bond motifs is 1. The van der Waals surface area contributed by atoms with Gasteiger partial charge in [0.05, 0.1) is 21.3 Å². The van der Waals surface area contributed by atoms with E-state index >= 15 is 0 Å². The Balaban J connectivity index is 1.47. The maximum absolute atomic E-state index is 13.4. The van der Waals surface area contributed by atoms with Gasteiger partial charge in [-0.25, -0.2) is 10.2 Å². The molecular weight excluding hydrogens is 658 g/mol. The fourth-order valence-electron chi connectivity index (χ4n) is 4.50. The molecular formula is C31H22Br2ClN3O3. The molecule has 5 rings (SSSR count). The zero-order valence-electron chi connectivity index (χ0n) is 21.4. The van der Waals surface area contributed by atoms with Crippen LogP contribution in [0.3, 0.4) is 0 Å². The van der Waals surface area contributed by atoms with Crippen LogP contribution >= 0.6 is 43.5 Å². The highest BCUT2D eigenvalue weighted by atomic mass is 79.9. The first-order valence-electron chi connectivity index (χ1n) is 12.2. The second kappa shape index (κ2) is 11.8. The molecule has 0 radical (unpaired) electrons. The van der Waals surface area contributed by atoms with E-state index in [1.807, 2.05) is 44.2 Å². The van der Waals surface area contributed by atoms with Gasteiger partial charge in [0.1, 0.15) is 5.69 Å². The van der Waals surface area contributed by atoms with Crippen molar-refractivity contribution in [1.82, 2.24) is 10.4 Å². The molecule has 0 aliphatic heterocycles. The standard InChI is InChI=1S/C31H22Br2ClN3O3/c1-17-12-18(2)27-23(13-17)26(19-8-4-3-5-9-19)28(36-27)30(38)37-35-16-20-14-21(32)15-24(33)29(20)40-31(39)22-10-6-7-11-25(22)34/h3-16,36H,1-2H3,(H,37,38). The molecule has 0 spiro atoms. The van der Waals surface area contributed by atoms with Crippen LogP contribution in [-0.4, -0.2) is 23.1 Å². The molecule has 0 fully saturated rings. The van der Waals surface area contributed by atoms with E-state index in [1.54, 1.807) is 36.4 Å². The van der Waals surface area contributed by atoms with Crippen molar-refractivity contribution in [1.29, 1.82) is 0 Å². The normalized spacial score (nSPS) is 11.2. The summed E-state index contributed by atoms with van der Waals surface area (Å²) in [6, 6.07) is 24.0. The van der Waals surface area contributed by atoms with Gasteiger partial charge in [0.25, 0.3) is 5.91 Å². The largest absolute Gasteiger partial charge is 0.421 e. The molecule has 5 aromatic rings. The van der Waals surface area contributed by atoms with Gasteiger partial charge >= 0.3 is 5.97 Å². The van der Waals surface area contributed by atoms with E-state index in [1.165, 1.54) is 6.21 Å². The van der Waals surface area contributed by atoms with Gasteiger partial charge in [0.2, 0.25) is 0 Å². The first kappa shape index (κ1) is 27.8. The minimum absolute atomic E-state index is 0.229. The fraction of sp³-hybridized carbons (Fsp3) is 0.0645. The van der Waals surface area contributed by atoms with Crippen molar-refractivity contribution >= 4 is 72.5 Å². The second-order valence-electron chi connectivity index (χ2n) is 9.12. The average Bonchev–Trinajstić information content (AvgIpc) is 3.31. The molecule has 1 heterocycles.